The van der Waals surface area contributed by atoms with Crippen molar-refractivity contribution in [3.05, 3.63) is 68.6 Å². The molecule has 2 nitrogen and oxygen atoms in total. The molecule has 0 aliphatic rings. The van der Waals surface area contributed by atoms with Crippen molar-refractivity contribution in [2.75, 3.05) is 6.61 Å². The smallest absolute Gasteiger partial charge is 0.0588 e. The van der Waals surface area contributed by atoms with Crippen LogP contribution < -0.4 is 5.32 Å². The highest BCUT2D eigenvalue weighted by Crippen LogP contribution is 2.27. The number of halogens is 2. The molecule has 0 aliphatic carbocycles. The number of nitrogens with one attached hydrogen (secondary N) is 1. The van der Waals surface area contributed by atoms with Gasteiger partial charge in [-0.1, -0.05) is 68.3 Å². The highest BCUT2D eigenvalue weighted by atomic mass is 79.9. The molecule has 0 saturated carbocycles. The number of hydrogen-bond acceptors (Lipinski definition) is 2. The van der Waals surface area contributed by atoms with Gasteiger partial charge in [-0.05, 0) is 36.6 Å². The highest BCUT2D eigenvalue weighted by Gasteiger charge is 2.15. The summed E-state index contributed by atoms with van der Waals surface area (Å²) in [6, 6.07) is 16.6. The fraction of sp³-hybridized carbons (Fsp3) is 0.294. The largest absolute Gasteiger partial charge is 0.395 e. The lowest BCUT2D eigenvalue weighted by Gasteiger charge is -2.23. The van der Waals surface area contributed by atoms with Crippen molar-refractivity contribution in [2.45, 2.75) is 25.4 Å². The summed E-state index contributed by atoms with van der Waals surface area (Å²) >= 11 is 7.06. The maximum atomic E-state index is 9.61. The molecule has 21 heavy (non-hydrogen) atoms. The second kappa shape index (κ2) is 8.08. The molecule has 0 fully saturated rings. The number of rotatable bonds is 6. The van der Waals surface area contributed by atoms with Gasteiger partial charge in [-0.15, -0.1) is 0 Å². The average molecular weight is 413 g/mol. The summed E-state index contributed by atoms with van der Waals surface area (Å²) in [5, 5.41) is 13.1. The van der Waals surface area contributed by atoms with E-state index in [4.69, 9.17) is 0 Å². The van der Waals surface area contributed by atoms with Crippen LogP contribution in [0.3, 0.4) is 0 Å². The third-order valence-electron chi connectivity index (χ3n) is 3.46. The lowest BCUT2D eigenvalue weighted by Crippen LogP contribution is -2.36. The molecule has 2 rings (SSSR count). The minimum Gasteiger partial charge on any atom is -0.395 e. The molecule has 2 unspecified atom stereocenters. The molecule has 2 N–H and O–H groups in total. The Labute approximate surface area is 142 Å². The third kappa shape index (κ3) is 4.92. The van der Waals surface area contributed by atoms with Gasteiger partial charge in [0, 0.05) is 21.0 Å². The molecular weight excluding hydrogens is 394 g/mol. The van der Waals surface area contributed by atoms with E-state index in [1.54, 1.807) is 0 Å². The van der Waals surface area contributed by atoms with Crippen molar-refractivity contribution >= 4 is 31.9 Å². The highest BCUT2D eigenvalue weighted by molar-refractivity contribution is 9.11. The third-order valence-corrected chi connectivity index (χ3v) is 4.64. The lowest BCUT2D eigenvalue weighted by molar-refractivity contribution is 0.232. The predicted molar refractivity (Wildman–Crippen MR) is 94.4 cm³/mol. The summed E-state index contributed by atoms with van der Waals surface area (Å²) in [5.74, 6) is 0. The zero-order valence-corrected chi connectivity index (χ0v) is 15.1. The van der Waals surface area contributed by atoms with Gasteiger partial charge in [-0.3, -0.25) is 0 Å². The van der Waals surface area contributed by atoms with E-state index in [1.165, 1.54) is 11.1 Å². The molecule has 0 aliphatic heterocycles. The summed E-state index contributed by atoms with van der Waals surface area (Å²) in [5.41, 5.74) is 2.41. The molecule has 0 heterocycles. The van der Waals surface area contributed by atoms with Gasteiger partial charge in [0.1, 0.15) is 0 Å². The van der Waals surface area contributed by atoms with Crippen molar-refractivity contribution in [3.63, 3.8) is 0 Å². The van der Waals surface area contributed by atoms with E-state index >= 15 is 0 Å². The molecular formula is C17H19Br2NO. The molecule has 0 radical (unpaired) electrons. The Morgan fingerprint density at radius 1 is 1.10 bits per heavy atom. The van der Waals surface area contributed by atoms with Gasteiger partial charge in [0.15, 0.2) is 0 Å². The van der Waals surface area contributed by atoms with Crippen molar-refractivity contribution < 1.29 is 5.11 Å². The number of benzene rings is 2. The topological polar surface area (TPSA) is 32.3 Å². The molecule has 2 aromatic carbocycles. The number of hydrogen-bond donors (Lipinski definition) is 2. The lowest BCUT2D eigenvalue weighted by atomic mass is 10.0. The van der Waals surface area contributed by atoms with E-state index in [1.807, 2.05) is 30.3 Å². The standard InChI is InChI=1S/C17H19Br2NO/c1-12(16-8-7-14(18)10-17(16)19)20-15(11-21)9-13-5-3-2-4-6-13/h2-8,10,12,15,20-21H,9,11H2,1H3. The predicted octanol–water partition coefficient (Wildman–Crippen LogP) is 4.47. The van der Waals surface area contributed by atoms with Crippen LogP contribution in [0.1, 0.15) is 24.1 Å². The van der Waals surface area contributed by atoms with E-state index in [0.29, 0.717) is 0 Å². The molecule has 4 heteroatoms. The molecule has 2 atom stereocenters. The van der Waals surface area contributed by atoms with Crippen molar-refractivity contribution in [3.8, 4) is 0 Å². The second-order valence-electron chi connectivity index (χ2n) is 5.12. The van der Waals surface area contributed by atoms with Crippen LogP contribution >= 0.6 is 31.9 Å². The molecule has 112 valence electrons. The van der Waals surface area contributed by atoms with Crippen LogP contribution in [-0.2, 0) is 6.42 Å². The fourth-order valence-corrected chi connectivity index (χ4v) is 3.76. The van der Waals surface area contributed by atoms with Crippen LogP contribution in [0.15, 0.2) is 57.5 Å². The molecule has 0 spiro atoms. The van der Waals surface area contributed by atoms with Gasteiger partial charge in [0.2, 0.25) is 0 Å². The van der Waals surface area contributed by atoms with Gasteiger partial charge in [0.25, 0.3) is 0 Å². The van der Waals surface area contributed by atoms with E-state index in [9.17, 15) is 5.11 Å². The quantitative estimate of drug-likeness (QED) is 0.733. The minimum absolute atomic E-state index is 0.0398. The fourth-order valence-electron chi connectivity index (χ4n) is 2.37. The number of aliphatic hydroxyl groups is 1. The first-order valence-corrected chi connectivity index (χ1v) is 8.54. The molecule has 0 amide bonds. The summed E-state index contributed by atoms with van der Waals surface area (Å²) in [6.45, 7) is 2.23. The Bertz CT molecular complexity index is 574. The molecule has 0 bridgehead atoms. The van der Waals surface area contributed by atoms with Gasteiger partial charge >= 0.3 is 0 Å². The zero-order chi connectivity index (χ0) is 15.2. The monoisotopic (exact) mass is 411 g/mol. The van der Waals surface area contributed by atoms with Crippen LogP contribution in [-0.4, -0.2) is 17.8 Å². The van der Waals surface area contributed by atoms with Crippen molar-refractivity contribution in [2.24, 2.45) is 0 Å². The molecule has 2 aromatic rings. The maximum absolute atomic E-state index is 9.61. The first kappa shape index (κ1) is 16.7. The Balaban J connectivity index is 2.04. The van der Waals surface area contributed by atoms with Crippen LogP contribution in [0.25, 0.3) is 0 Å². The molecule has 0 saturated heterocycles. The van der Waals surface area contributed by atoms with Gasteiger partial charge in [0.05, 0.1) is 6.61 Å². The van der Waals surface area contributed by atoms with Crippen LogP contribution in [0, 0.1) is 0 Å². The summed E-state index contributed by atoms with van der Waals surface area (Å²) < 4.78 is 2.11. The average Bonchev–Trinajstić information content (AvgIpc) is 2.47. The van der Waals surface area contributed by atoms with E-state index in [-0.39, 0.29) is 18.7 Å². The van der Waals surface area contributed by atoms with Crippen LogP contribution in [0.2, 0.25) is 0 Å². The molecule has 0 aromatic heterocycles. The second-order valence-corrected chi connectivity index (χ2v) is 6.89. The van der Waals surface area contributed by atoms with E-state index in [2.05, 4.69) is 62.3 Å². The Morgan fingerprint density at radius 2 is 1.81 bits per heavy atom. The van der Waals surface area contributed by atoms with Gasteiger partial charge in [-0.2, -0.15) is 0 Å². The normalized spacial score (nSPS) is 13.9. The first-order valence-electron chi connectivity index (χ1n) is 6.96. The maximum Gasteiger partial charge on any atom is 0.0588 e. The minimum atomic E-state index is 0.0398. The van der Waals surface area contributed by atoms with Gasteiger partial charge < -0.3 is 10.4 Å². The summed E-state index contributed by atoms with van der Waals surface area (Å²) in [7, 11) is 0. The van der Waals surface area contributed by atoms with E-state index < -0.39 is 0 Å². The van der Waals surface area contributed by atoms with Crippen molar-refractivity contribution in [1.29, 1.82) is 0 Å². The Hall–Kier alpha value is -0.680. The van der Waals surface area contributed by atoms with E-state index in [0.717, 1.165) is 15.4 Å². The zero-order valence-electron chi connectivity index (χ0n) is 11.9. The Kier molecular flexibility index (Phi) is 6.42. The summed E-state index contributed by atoms with van der Waals surface area (Å²) in [6.07, 6.45) is 0.815. The SMILES string of the molecule is CC(NC(CO)Cc1ccccc1)c1ccc(Br)cc1Br. The van der Waals surface area contributed by atoms with Crippen LogP contribution in [0.4, 0.5) is 0 Å². The summed E-state index contributed by atoms with van der Waals surface area (Å²) in [4.78, 5) is 0. The number of aliphatic hydroxyl groups excluding tert-OH is 1. The van der Waals surface area contributed by atoms with Crippen LogP contribution in [0.5, 0.6) is 0 Å². The Morgan fingerprint density at radius 3 is 2.43 bits per heavy atom. The first-order chi connectivity index (χ1) is 10.1. The van der Waals surface area contributed by atoms with Gasteiger partial charge in [-0.25, -0.2) is 0 Å². The van der Waals surface area contributed by atoms with Crippen molar-refractivity contribution in [1.82, 2.24) is 5.32 Å².